The Morgan fingerprint density at radius 1 is 1.20 bits per heavy atom. The molecule has 1 aromatic carbocycles. The fourth-order valence-corrected chi connectivity index (χ4v) is 3.81. The van der Waals surface area contributed by atoms with Gasteiger partial charge in [-0.1, -0.05) is 30.3 Å². The molecular formula is C15H17N3O2. The molecule has 3 aliphatic rings. The van der Waals surface area contributed by atoms with Crippen LogP contribution in [0.5, 0.6) is 0 Å². The summed E-state index contributed by atoms with van der Waals surface area (Å²) in [5.74, 6) is 0.484. The molecule has 5 heteroatoms. The topological polar surface area (TPSA) is 61.4 Å². The minimum Gasteiger partial charge on any atom is -0.312 e. The molecule has 1 aliphatic carbocycles. The van der Waals surface area contributed by atoms with Crippen molar-refractivity contribution in [3.05, 3.63) is 35.9 Å². The number of nitrogens with one attached hydrogen (secondary N) is 2. The summed E-state index contributed by atoms with van der Waals surface area (Å²) >= 11 is 0. The number of benzene rings is 1. The Morgan fingerprint density at radius 3 is 2.80 bits per heavy atom. The van der Waals surface area contributed by atoms with E-state index in [2.05, 4.69) is 22.8 Å². The zero-order valence-electron chi connectivity index (χ0n) is 11.1. The van der Waals surface area contributed by atoms with Crippen molar-refractivity contribution < 1.29 is 9.59 Å². The summed E-state index contributed by atoms with van der Waals surface area (Å²) in [7, 11) is 0. The molecule has 20 heavy (non-hydrogen) atoms. The van der Waals surface area contributed by atoms with Crippen LogP contribution in [-0.2, 0) is 4.79 Å². The number of imide groups is 1. The third-order valence-electron chi connectivity index (χ3n) is 4.88. The second-order valence-electron chi connectivity index (χ2n) is 5.87. The third-order valence-corrected chi connectivity index (χ3v) is 4.88. The average molecular weight is 271 g/mol. The number of rotatable bonds is 2. The molecule has 2 aliphatic heterocycles. The Labute approximate surface area is 117 Å². The van der Waals surface area contributed by atoms with Gasteiger partial charge in [0.1, 0.15) is 5.54 Å². The van der Waals surface area contributed by atoms with Crippen LogP contribution in [0, 0.1) is 5.92 Å². The first kappa shape index (κ1) is 11.9. The van der Waals surface area contributed by atoms with Gasteiger partial charge in [-0.05, 0) is 17.9 Å². The molecule has 1 saturated carbocycles. The largest absolute Gasteiger partial charge is 0.325 e. The van der Waals surface area contributed by atoms with Crippen molar-refractivity contribution in [3.8, 4) is 0 Å². The predicted molar refractivity (Wildman–Crippen MR) is 73.1 cm³/mol. The maximum atomic E-state index is 12.4. The Hall–Kier alpha value is -1.88. The summed E-state index contributed by atoms with van der Waals surface area (Å²) in [6.45, 7) is 1.93. The van der Waals surface area contributed by atoms with E-state index in [4.69, 9.17) is 0 Å². The standard InChI is InChI=1S/C15H17N3O2/c19-13-15(9-16-6-7-18(15)14(20)17-13)12-8-11(12)10-4-2-1-3-5-10/h1-5,11-12,16H,6-9H2,(H,17,19,20)/t11-,12-,15?/m0/s1. The first-order valence-corrected chi connectivity index (χ1v) is 7.12. The average Bonchev–Trinajstić information content (AvgIpc) is 3.24. The summed E-state index contributed by atoms with van der Waals surface area (Å²) in [4.78, 5) is 26.1. The van der Waals surface area contributed by atoms with Gasteiger partial charge in [-0.25, -0.2) is 4.79 Å². The van der Waals surface area contributed by atoms with Crippen LogP contribution in [0.2, 0.25) is 0 Å². The molecule has 3 atom stereocenters. The molecule has 104 valence electrons. The van der Waals surface area contributed by atoms with Crippen LogP contribution >= 0.6 is 0 Å². The van der Waals surface area contributed by atoms with Crippen LogP contribution in [0.4, 0.5) is 4.79 Å². The number of hydrogen-bond donors (Lipinski definition) is 2. The van der Waals surface area contributed by atoms with Gasteiger partial charge in [0.25, 0.3) is 5.91 Å². The van der Waals surface area contributed by atoms with Gasteiger partial charge in [0.05, 0.1) is 0 Å². The van der Waals surface area contributed by atoms with Gasteiger partial charge in [-0.3, -0.25) is 10.1 Å². The van der Waals surface area contributed by atoms with Crippen LogP contribution in [-0.4, -0.2) is 42.0 Å². The Kier molecular flexibility index (Phi) is 2.41. The number of hydrogen-bond acceptors (Lipinski definition) is 3. The minimum absolute atomic E-state index is 0.127. The van der Waals surface area contributed by atoms with Gasteiger partial charge in [0, 0.05) is 25.6 Å². The molecule has 2 N–H and O–H groups in total. The Bertz CT molecular complexity index is 574. The molecular weight excluding hydrogens is 254 g/mol. The van der Waals surface area contributed by atoms with Gasteiger partial charge >= 0.3 is 6.03 Å². The van der Waals surface area contributed by atoms with E-state index in [9.17, 15) is 9.59 Å². The van der Waals surface area contributed by atoms with Crippen molar-refractivity contribution in [2.24, 2.45) is 5.92 Å². The van der Waals surface area contributed by atoms with E-state index in [0.29, 0.717) is 19.0 Å². The molecule has 0 radical (unpaired) electrons. The Balaban J connectivity index is 1.67. The van der Waals surface area contributed by atoms with Crippen molar-refractivity contribution >= 4 is 11.9 Å². The van der Waals surface area contributed by atoms with Crippen molar-refractivity contribution in [2.45, 2.75) is 17.9 Å². The molecule has 0 spiro atoms. The summed E-state index contributed by atoms with van der Waals surface area (Å²) < 4.78 is 0. The molecule has 3 amide bonds. The van der Waals surface area contributed by atoms with Crippen molar-refractivity contribution in [1.82, 2.24) is 15.5 Å². The first-order valence-electron chi connectivity index (χ1n) is 7.12. The molecule has 3 fully saturated rings. The molecule has 2 saturated heterocycles. The summed E-state index contributed by atoms with van der Waals surface area (Å²) in [6, 6.07) is 10.0. The molecule has 1 aromatic rings. The quantitative estimate of drug-likeness (QED) is 0.778. The summed E-state index contributed by atoms with van der Waals surface area (Å²) in [5, 5.41) is 5.79. The van der Waals surface area contributed by atoms with Gasteiger partial charge in [-0.15, -0.1) is 0 Å². The van der Waals surface area contributed by atoms with E-state index >= 15 is 0 Å². The zero-order chi connectivity index (χ0) is 13.7. The van der Waals surface area contributed by atoms with Crippen LogP contribution in [0.1, 0.15) is 17.9 Å². The van der Waals surface area contributed by atoms with Gasteiger partial charge in [-0.2, -0.15) is 0 Å². The number of amides is 3. The highest BCUT2D eigenvalue weighted by atomic mass is 16.2. The number of fused-ring (bicyclic) bond motifs is 1. The van der Waals surface area contributed by atoms with Gasteiger partial charge in [0.2, 0.25) is 0 Å². The highest BCUT2D eigenvalue weighted by Crippen LogP contribution is 2.56. The van der Waals surface area contributed by atoms with Gasteiger partial charge in [0.15, 0.2) is 0 Å². The van der Waals surface area contributed by atoms with Crippen molar-refractivity contribution in [3.63, 3.8) is 0 Å². The molecule has 5 nitrogen and oxygen atoms in total. The second-order valence-corrected chi connectivity index (χ2v) is 5.87. The highest BCUT2D eigenvalue weighted by molar-refractivity contribution is 6.08. The van der Waals surface area contributed by atoms with E-state index in [1.807, 2.05) is 18.2 Å². The van der Waals surface area contributed by atoms with E-state index in [1.165, 1.54) is 5.56 Å². The third kappa shape index (κ3) is 1.47. The number of nitrogens with zero attached hydrogens (tertiary/aromatic N) is 1. The smallest absolute Gasteiger partial charge is 0.312 e. The SMILES string of the molecule is O=C1NC(=O)C2([C@H]3C[C@H]3c3ccccc3)CNCCN12. The summed E-state index contributed by atoms with van der Waals surface area (Å²) in [6.07, 6.45) is 0.975. The fraction of sp³-hybridized carbons (Fsp3) is 0.467. The maximum absolute atomic E-state index is 12.4. The second kappa shape index (κ2) is 4.06. The van der Waals surface area contributed by atoms with E-state index in [1.54, 1.807) is 4.90 Å². The zero-order valence-corrected chi connectivity index (χ0v) is 11.1. The van der Waals surface area contributed by atoms with Crippen LogP contribution < -0.4 is 10.6 Å². The van der Waals surface area contributed by atoms with E-state index < -0.39 is 5.54 Å². The number of piperazine rings is 1. The number of carbonyl (C=O) groups excluding carboxylic acids is 2. The number of urea groups is 1. The lowest BCUT2D eigenvalue weighted by molar-refractivity contribution is -0.128. The monoisotopic (exact) mass is 271 g/mol. The normalized spacial score (nSPS) is 35.7. The Morgan fingerprint density at radius 2 is 2.00 bits per heavy atom. The molecule has 0 aromatic heterocycles. The molecule has 2 heterocycles. The summed E-state index contributed by atoms with van der Waals surface area (Å²) in [5.41, 5.74) is 0.597. The van der Waals surface area contributed by atoms with Crippen LogP contribution in [0.3, 0.4) is 0 Å². The van der Waals surface area contributed by atoms with Crippen molar-refractivity contribution in [1.29, 1.82) is 0 Å². The minimum atomic E-state index is -0.671. The fourth-order valence-electron chi connectivity index (χ4n) is 3.81. The van der Waals surface area contributed by atoms with Crippen LogP contribution in [0.15, 0.2) is 30.3 Å². The lowest BCUT2D eigenvalue weighted by Crippen LogP contribution is -2.63. The lowest BCUT2D eigenvalue weighted by atomic mass is 9.87. The van der Waals surface area contributed by atoms with E-state index in [-0.39, 0.29) is 17.9 Å². The van der Waals surface area contributed by atoms with Crippen molar-refractivity contribution in [2.75, 3.05) is 19.6 Å². The predicted octanol–water partition coefficient (Wildman–Crippen LogP) is 0.684. The van der Waals surface area contributed by atoms with Crippen LogP contribution in [0.25, 0.3) is 0 Å². The van der Waals surface area contributed by atoms with E-state index in [0.717, 1.165) is 13.0 Å². The van der Waals surface area contributed by atoms with Gasteiger partial charge < -0.3 is 10.2 Å². The molecule has 4 rings (SSSR count). The maximum Gasteiger partial charge on any atom is 0.325 e. The number of carbonyl (C=O) groups is 2. The molecule has 1 unspecified atom stereocenters. The lowest BCUT2D eigenvalue weighted by Gasteiger charge is -2.40. The highest BCUT2D eigenvalue weighted by Gasteiger charge is 2.65. The molecule has 0 bridgehead atoms. The first-order chi connectivity index (χ1) is 9.73.